The second kappa shape index (κ2) is 6.86. The number of benzene rings is 2. The molecular formula is C15H15NO3. The Balaban J connectivity index is 0.000000218. The molecule has 0 aliphatic heterocycles. The van der Waals surface area contributed by atoms with Crippen LogP contribution in [0.15, 0.2) is 55.1 Å². The van der Waals surface area contributed by atoms with E-state index in [0.717, 1.165) is 5.69 Å². The number of carboxylic acid groups (broad SMARTS) is 1. The fourth-order valence-electron chi connectivity index (χ4n) is 1.35. The van der Waals surface area contributed by atoms with Crippen molar-refractivity contribution < 1.29 is 15.0 Å². The average molecular weight is 257 g/mol. The molecule has 0 spiro atoms. The van der Waals surface area contributed by atoms with E-state index >= 15 is 0 Å². The maximum absolute atomic E-state index is 10.5. The van der Waals surface area contributed by atoms with E-state index in [1.807, 2.05) is 30.3 Å². The van der Waals surface area contributed by atoms with Crippen LogP contribution in [0.1, 0.15) is 15.9 Å². The first-order valence-corrected chi connectivity index (χ1v) is 5.54. The Morgan fingerprint density at radius 3 is 2.16 bits per heavy atom. The smallest absolute Gasteiger partial charge is 0.339 e. The largest absolute Gasteiger partial charge is 0.506 e. The topological polar surface area (TPSA) is 83.5 Å². The van der Waals surface area contributed by atoms with Gasteiger partial charge < -0.3 is 15.9 Å². The molecule has 0 radical (unpaired) electrons. The molecule has 4 N–H and O–H groups in total. The molecule has 19 heavy (non-hydrogen) atoms. The number of hydrogen-bond acceptors (Lipinski definition) is 3. The molecule has 4 nitrogen and oxygen atoms in total. The lowest BCUT2D eigenvalue weighted by Gasteiger charge is -2.01. The third-order valence-corrected chi connectivity index (χ3v) is 2.32. The number of rotatable bonds is 2. The lowest BCUT2D eigenvalue weighted by Crippen LogP contribution is -1.96. The lowest BCUT2D eigenvalue weighted by molar-refractivity contribution is 0.0693. The molecule has 0 bridgehead atoms. The molecule has 0 aliphatic rings. The number of nitrogen functional groups attached to an aromatic ring is 1. The van der Waals surface area contributed by atoms with E-state index in [1.165, 1.54) is 12.1 Å². The highest BCUT2D eigenvalue weighted by Gasteiger charge is 2.10. The molecule has 0 heterocycles. The molecule has 0 fully saturated rings. The number of aromatic carboxylic acids is 1. The number of nitrogens with two attached hydrogens (primary N) is 1. The summed E-state index contributed by atoms with van der Waals surface area (Å²) in [5.74, 6) is -1.38. The van der Waals surface area contributed by atoms with Gasteiger partial charge in [-0.3, -0.25) is 0 Å². The molecule has 0 unspecified atom stereocenters. The van der Waals surface area contributed by atoms with Crippen molar-refractivity contribution >= 4 is 17.7 Å². The van der Waals surface area contributed by atoms with Gasteiger partial charge >= 0.3 is 5.97 Å². The van der Waals surface area contributed by atoms with Crippen LogP contribution in [0.2, 0.25) is 0 Å². The number of anilines is 1. The van der Waals surface area contributed by atoms with Crippen molar-refractivity contribution in [3.05, 3.63) is 66.2 Å². The summed E-state index contributed by atoms with van der Waals surface area (Å²) in [7, 11) is 0. The van der Waals surface area contributed by atoms with Gasteiger partial charge in [0, 0.05) is 11.3 Å². The number of phenols is 1. The van der Waals surface area contributed by atoms with Gasteiger partial charge in [-0.05, 0) is 18.2 Å². The third-order valence-electron chi connectivity index (χ3n) is 2.32. The zero-order valence-corrected chi connectivity index (χ0v) is 10.3. The molecule has 4 heteroatoms. The highest BCUT2D eigenvalue weighted by atomic mass is 16.4. The summed E-state index contributed by atoms with van der Waals surface area (Å²) in [6, 6.07) is 14.0. The van der Waals surface area contributed by atoms with Crippen molar-refractivity contribution in [2.45, 2.75) is 0 Å². The second-order valence-electron chi connectivity index (χ2n) is 3.66. The maximum Gasteiger partial charge on any atom is 0.339 e. The summed E-state index contributed by atoms with van der Waals surface area (Å²) >= 11 is 0. The molecule has 0 aromatic heterocycles. The van der Waals surface area contributed by atoms with E-state index in [-0.39, 0.29) is 11.3 Å². The van der Waals surface area contributed by atoms with E-state index in [0.29, 0.717) is 5.56 Å². The fourth-order valence-corrected chi connectivity index (χ4v) is 1.35. The quantitative estimate of drug-likeness (QED) is 0.722. The standard InChI is InChI=1S/C9H8O3.C6H7N/c1-2-6-4-3-5-7(8(6)10)9(11)12;7-6-4-2-1-3-5-6/h2-5,10H,1H2,(H,11,12);1-5H,7H2. The summed E-state index contributed by atoms with van der Waals surface area (Å²) in [6.07, 6.45) is 1.40. The number of para-hydroxylation sites is 2. The van der Waals surface area contributed by atoms with Crippen LogP contribution in [0.3, 0.4) is 0 Å². The SMILES string of the molecule is C=Cc1cccc(C(=O)O)c1O.Nc1ccccc1. The van der Waals surface area contributed by atoms with Crippen molar-refractivity contribution in [2.75, 3.05) is 5.73 Å². The van der Waals surface area contributed by atoms with Gasteiger partial charge in [-0.1, -0.05) is 43.0 Å². The lowest BCUT2D eigenvalue weighted by atomic mass is 10.1. The zero-order chi connectivity index (χ0) is 14.3. The first-order valence-electron chi connectivity index (χ1n) is 5.54. The Morgan fingerprint density at radius 2 is 1.74 bits per heavy atom. The van der Waals surface area contributed by atoms with Crippen molar-refractivity contribution in [1.82, 2.24) is 0 Å². The van der Waals surface area contributed by atoms with Crippen LogP contribution in [0.4, 0.5) is 5.69 Å². The number of carbonyl (C=O) groups is 1. The molecule has 98 valence electrons. The average Bonchev–Trinajstić information content (AvgIpc) is 2.40. The number of aromatic hydroxyl groups is 1. The van der Waals surface area contributed by atoms with Crippen LogP contribution < -0.4 is 5.73 Å². The first-order chi connectivity index (χ1) is 9.06. The predicted octanol–water partition coefficient (Wildman–Crippen LogP) is 3.00. The van der Waals surface area contributed by atoms with E-state index in [4.69, 9.17) is 10.8 Å². The van der Waals surface area contributed by atoms with Gasteiger partial charge in [-0.15, -0.1) is 0 Å². The van der Waals surface area contributed by atoms with E-state index in [9.17, 15) is 9.90 Å². The van der Waals surface area contributed by atoms with Crippen LogP contribution in [0.25, 0.3) is 6.08 Å². The molecule has 2 aromatic rings. The van der Waals surface area contributed by atoms with Crippen molar-refractivity contribution in [2.24, 2.45) is 0 Å². The second-order valence-corrected chi connectivity index (χ2v) is 3.66. The van der Waals surface area contributed by atoms with E-state index in [2.05, 4.69) is 6.58 Å². The molecule has 2 rings (SSSR count). The Bertz CT molecular complexity index is 565. The minimum Gasteiger partial charge on any atom is -0.506 e. The first kappa shape index (κ1) is 14.3. The van der Waals surface area contributed by atoms with E-state index < -0.39 is 5.97 Å². The number of hydrogen-bond donors (Lipinski definition) is 3. The molecule has 0 aliphatic carbocycles. The highest BCUT2D eigenvalue weighted by Crippen LogP contribution is 2.22. The van der Waals surface area contributed by atoms with Crippen LogP contribution in [-0.2, 0) is 0 Å². The summed E-state index contributed by atoms with van der Waals surface area (Å²) in [5.41, 5.74) is 6.50. The van der Waals surface area contributed by atoms with Gasteiger partial charge in [0.2, 0.25) is 0 Å². The monoisotopic (exact) mass is 257 g/mol. The van der Waals surface area contributed by atoms with Crippen molar-refractivity contribution in [3.8, 4) is 5.75 Å². The summed E-state index contributed by atoms with van der Waals surface area (Å²) in [6.45, 7) is 3.44. The van der Waals surface area contributed by atoms with E-state index in [1.54, 1.807) is 12.1 Å². The minimum atomic E-state index is -1.14. The Morgan fingerprint density at radius 1 is 1.11 bits per heavy atom. The normalized spacial score (nSPS) is 9.05. The van der Waals surface area contributed by atoms with Crippen LogP contribution in [0, 0.1) is 0 Å². The third kappa shape index (κ3) is 4.20. The van der Waals surface area contributed by atoms with Crippen molar-refractivity contribution in [1.29, 1.82) is 0 Å². The molecule has 0 saturated heterocycles. The van der Waals surface area contributed by atoms with Gasteiger partial charge in [0.15, 0.2) is 0 Å². The van der Waals surface area contributed by atoms with Gasteiger partial charge in [-0.2, -0.15) is 0 Å². The Hall–Kier alpha value is -2.75. The fraction of sp³-hybridized carbons (Fsp3) is 0. The summed E-state index contributed by atoms with van der Waals surface area (Å²) in [4.78, 5) is 10.5. The van der Waals surface area contributed by atoms with Crippen LogP contribution in [0.5, 0.6) is 5.75 Å². The molecule has 0 saturated carbocycles. The van der Waals surface area contributed by atoms with Gasteiger partial charge in [0.05, 0.1) is 0 Å². The molecule has 0 amide bonds. The zero-order valence-electron chi connectivity index (χ0n) is 10.3. The van der Waals surface area contributed by atoms with Gasteiger partial charge in [0.1, 0.15) is 11.3 Å². The van der Waals surface area contributed by atoms with Crippen LogP contribution in [-0.4, -0.2) is 16.2 Å². The molecule has 2 aromatic carbocycles. The van der Waals surface area contributed by atoms with Crippen LogP contribution >= 0.6 is 0 Å². The minimum absolute atomic E-state index is 0.104. The Kier molecular flexibility index (Phi) is 5.17. The predicted molar refractivity (Wildman–Crippen MR) is 76.0 cm³/mol. The molecule has 0 atom stereocenters. The maximum atomic E-state index is 10.5. The van der Waals surface area contributed by atoms with Gasteiger partial charge in [-0.25, -0.2) is 4.79 Å². The van der Waals surface area contributed by atoms with Gasteiger partial charge in [0.25, 0.3) is 0 Å². The molecular weight excluding hydrogens is 242 g/mol. The summed E-state index contributed by atoms with van der Waals surface area (Å²) in [5, 5.41) is 17.9. The number of carboxylic acids is 1. The Labute approximate surface area is 111 Å². The van der Waals surface area contributed by atoms with Crippen molar-refractivity contribution in [3.63, 3.8) is 0 Å². The highest BCUT2D eigenvalue weighted by molar-refractivity contribution is 5.92. The summed E-state index contributed by atoms with van der Waals surface area (Å²) < 4.78 is 0.